The number of rotatable bonds is 7. The average molecular weight is 494 g/mol. The van der Waals surface area contributed by atoms with Gasteiger partial charge in [-0.25, -0.2) is 4.98 Å². The number of nitrogens with one attached hydrogen (secondary N) is 2. The third-order valence-corrected chi connectivity index (χ3v) is 5.04. The van der Waals surface area contributed by atoms with Gasteiger partial charge in [-0.3, -0.25) is 4.99 Å². The topological polar surface area (TPSA) is 49.3 Å². The zero-order valence-corrected chi connectivity index (χ0v) is 19.0. The standard InChI is InChI=1S/C21H26N4S.HI/c1-3-22-21(24-14-12-19-15-26-16(2)25-19)23-13-11-18-9-6-8-17-7-4-5-10-20(17)18;/h4-10,15H,3,11-14H2,1-2H3,(H2,22,23,24);1H. The van der Waals surface area contributed by atoms with Crippen molar-refractivity contribution in [2.24, 2.45) is 4.99 Å². The van der Waals surface area contributed by atoms with Crippen molar-refractivity contribution in [2.45, 2.75) is 26.7 Å². The molecule has 4 nitrogen and oxygen atoms in total. The van der Waals surface area contributed by atoms with E-state index in [2.05, 4.69) is 75.4 Å². The number of benzene rings is 2. The van der Waals surface area contributed by atoms with E-state index in [0.717, 1.165) is 49.1 Å². The Labute approximate surface area is 182 Å². The average Bonchev–Trinajstić information content (AvgIpc) is 3.07. The van der Waals surface area contributed by atoms with E-state index in [4.69, 9.17) is 0 Å². The van der Waals surface area contributed by atoms with Gasteiger partial charge in [0.15, 0.2) is 5.96 Å². The van der Waals surface area contributed by atoms with Crippen LogP contribution in [0.2, 0.25) is 0 Å². The Bertz CT molecular complexity index is 870. The summed E-state index contributed by atoms with van der Waals surface area (Å²) in [7, 11) is 0. The number of hydrogen-bond donors (Lipinski definition) is 2. The number of aryl methyl sites for hydroxylation is 1. The Kier molecular flexibility index (Phi) is 9.00. The molecular formula is C21H27IN4S. The van der Waals surface area contributed by atoms with Crippen LogP contribution in [-0.4, -0.2) is 30.6 Å². The molecule has 144 valence electrons. The Morgan fingerprint density at radius 2 is 1.89 bits per heavy atom. The van der Waals surface area contributed by atoms with Crippen molar-refractivity contribution in [3.8, 4) is 0 Å². The highest BCUT2D eigenvalue weighted by Gasteiger charge is 2.02. The van der Waals surface area contributed by atoms with Crippen LogP contribution in [0, 0.1) is 6.92 Å². The fraction of sp³-hybridized carbons (Fsp3) is 0.333. The maximum atomic E-state index is 4.67. The van der Waals surface area contributed by atoms with Crippen LogP contribution in [0.3, 0.4) is 0 Å². The van der Waals surface area contributed by atoms with Crippen LogP contribution in [0.15, 0.2) is 52.8 Å². The molecule has 0 atom stereocenters. The van der Waals surface area contributed by atoms with Gasteiger partial charge in [0.25, 0.3) is 0 Å². The summed E-state index contributed by atoms with van der Waals surface area (Å²) in [5, 5.41) is 12.6. The molecule has 2 N–H and O–H groups in total. The molecule has 1 heterocycles. The molecule has 0 fully saturated rings. The highest BCUT2D eigenvalue weighted by atomic mass is 127. The fourth-order valence-electron chi connectivity index (χ4n) is 2.97. The second-order valence-electron chi connectivity index (χ2n) is 6.18. The van der Waals surface area contributed by atoms with Gasteiger partial charge in [-0.05, 0) is 36.6 Å². The van der Waals surface area contributed by atoms with E-state index in [-0.39, 0.29) is 24.0 Å². The number of thiazole rings is 1. The minimum Gasteiger partial charge on any atom is -0.357 e. The molecule has 0 aliphatic rings. The summed E-state index contributed by atoms with van der Waals surface area (Å²) in [6, 6.07) is 15.1. The van der Waals surface area contributed by atoms with Crippen molar-refractivity contribution >= 4 is 52.0 Å². The Balaban J connectivity index is 0.00000261. The van der Waals surface area contributed by atoms with Crippen molar-refractivity contribution in [3.63, 3.8) is 0 Å². The van der Waals surface area contributed by atoms with Gasteiger partial charge < -0.3 is 10.6 Å². The number of nitrogens with zero attached hydrogens (tertiary/aromatic N) is 2. The lowest BCUT2D eigenvalue weighted by Gasteiger charge is -2.12. The molecule has 1 aromatic heterocycles. The third-order valence-electron chi connectivity index (χ3n) is 4.22. The van der Waals surface area contributed by atoms with Crippen molar-refractivity contribution in [1.82, 2.24) is 15.6 Å². The van der Waals surface area contributed by atoms with Crippen LogP contribution in [-0.2, 0) is 12.8 Å². The van der Waals surface area contributed by atoms with Gasteiger partial charge in [-0.15, -0.1) is 35.3 Å². The van der Waals surface area contributed by atoms with Crippen molar-refractivity contribution in [1.29, 1.82) is 0 Å². The summed E-state index contributed by atoms with van der Waals surface area (Å²) >= 11 is 1.70. The van der Waals surface area contributed by atoms with E-state index in [0.29, 0.717) is 0 Å². The van der Waals surface area contributed by atoms with Gasteiger partial charge in [0.05, 0.1) is 10.7 Å². The lowest BCUT2D eigenvalue weighted by atomic mass is 10.0. The summed E-state index contributed by atoms with van der Waals surface area (Å²) in [5.41, 5.74) is 2.49. The molecule has 0 amide bonds. The zero-order valence-electron chi connectivity index (χ0n) is 15.9. The van der Waals surface area contributed by atoms with Gasteiger partial charge in [0.2, 0.25) is 0 Å². The van der Waals surface area contributed by atoms with Gasteiger partial charge in [0, 0.05) is 31.4 Å². The molecule has 0 saturated carbocycles. The SMILES string of the molecule is CCNC(=NCCc1csc(C)n1)NCCc1cccc2ccccc12.I. The van der Waals surface area contributed by atoms with Crippen molar-refractivity contribution in [2.75, 3.05) is 19.6 Å². The molecule has 2 aromatic carbocycles. The highest BCUT2D eigenvalue weighted by molar-refractivity contribution is 14.0. The Hall–Kier alpha value is -1.67. The van der Waals surface area contributed by atoms with Gasteiger partial charge in [-0.2, -0.15) is 0 Å². The minimum atomic E-state index is 0. The Morgan fingerprint density at radius 1 is 1.07 bits per heavy atom. The predicted molar refractivity (Wildman–Crippen MR) is 128 cm³/mol. The first-order valence-electron chi connectivity index (χ1n) is 9.16. The first kappa shape index (κ1) is 21.6. The largest absolute Gasteiger partial charge is 0.357 e. The molecule has 27 heavy (non-hydrogen) atoms. The van der Waals surface area contributed by atoms with Gasteiger partial charge in [-0.1, -0.05) is 42.5 Å². The fourth-order valence-corrected chi connectivity index (χ4v) is 3.62. The summed E-state index contributed by atoms with van der Waals surface area (Å²) in [4.78, 5) is 9.16. The van der Waals surface area contributed by atoms with E-state index in [1.807, 2.05) is 6.92 Å². The van der Waals surface area contributed by atoms with E-state index in [9.17, 15) is 0 Å². The van der Waals surface area contributed by atoms with Crippen LogP contribution >= 0.6 is 35.3 Å². The molecular weight excluding hydrogens is 467 g/mol. The molecule has 0 unspecified atom stereocenters. The summed E-state index contributed by atoms with van der Waals surface area (Å²) in [6.45, 7) is 6.58. The number of aliphatic imine (C=N–C) groups is 1. The predicted octanol–water partition coefficient (Wildman–Crippen LogP) is 4.56. The number of fused-ring (bicyclic) bond motifs is 1. The molecule has 0 radical (unpaired) electrons. The number of guanidine groups is 1. The maximum Gasteiger partial charge on any atom is 0.191 e. The quantitative estimate of drug-likeness (QED) is 0.288. The molecule has 0 bridgehead atoms. The number of halogens is 1. The van der Waals surface area contributed by atoms with Gasteiger partial charge >= 0.3 is 0 Å². The first-order chi connectivity index (χ1) is 12.8. The summed E-state index contributed by atoms with van der Waals surface area (Å²) < 4.78 is 0. The zero-order chi connectivity index (χ0) is 18.2. The van der Waals surface area contributed by atoms with Crippen LogP contribution in [0.4, 0.5) is 0 Å². The molecule has 0 saturated heterocycles. The molecule has 6 heteroatoms. The lowest BCUT2D eigenvalue weighted by molar-refractivity contribution is 0.796. The minimum absolute atomic E-state index is 0. The normalized spacial score (nSPS) is 11.3. The van der Waals surface area contributed by atoms with E-state index < -0.39 is 0 Å². The maximum absolute atomic E-state index is 4.67. The number of aromatic nitrogens is 1. The lowest BCUT2D eigenvalue weighted by Crippen LogP contribution is -2.38. The molecule has 3 rings (SSSR count). The second kappa shape index (κ2) is 11.2. The smallest absolute Gasteiger partial charge is 0.191 e. The molecule has 0 spiro atoms. The Morgan fingerprint density at radius 3 is 2.67 bits per heavy atom. The molecule has 3 aromatic rings. The van der Waals surface area contributed by atoms with Crippen molar-refractivity contribution < 1.29 is 0 Å². The summed E-state index contributed by atoms with van der Waals surface area (Å²) in [6.07, 6.45) is 1.85. The summed E-state index contributed by atoms with van der Waals surface area (Å²) in [5.74, 6) is 0.875. The van der Waals surface area contributed by atoms with Crippen LogP contribution in [0.5, 0.6) is 0 Å². The van der Waals surface area contributed by atoms with Crippen LogP contribution < -0.4 is 10.6 Å². The monoisotopic (exact) mass is 494 g/mol. The van der Waals surface area contributed by atoms with E-state index >= 15 is 0 Å². The van der Waals surface area contributed by atoms with E-state index in [1.54, 1.807) is 11.3 Å². The highest BCUT2D eigenvalue weighted by Crippen LogP contribution is 2.18. The van der Waals surface area contributed by atoms with Crippen molar-refractivity contribution in [3.05, 3.63) is 64.1 Å². The first-order valence-corrected chi connectivity index (χ1v) is 10.0. The third kappa shape index (κ3) is 6.46. The van der Waals surface area contributed by atoms with Gasteiger partial charge in [0.1, 0.15) is 0 Å². The van der Waals surface area contributed by atoms with Crippen LogP contribution in [0.25, 0.3) is 10.8 Å². The molecule has 0 aliphatic heterocycles. The number of hydrogen-bond acceptors (Lipinski definition) is 3. The van der Waals surface area contributed by atoms with E-state index in [1.165, 1.54) is 16.3 Å². The van der Waals surface area contributed by atoms with Crippen LogP contribution in [0.1, 0.15) is 23.2 Å². The molecule has 0 aliphatic carbocycles. The second-order valence-corrected chi connectivity index (χ2v) is 7.25.